The lowest BCUT2D eigenvalue weighted by atomic mass is 10.1. The summed E-state index contributed by atoms with van der Waals surface area (Å²) in [7, 11) is 0. The maximum Gasteiger partial charge on any atom is 0.345 e. The zero-order valence-corrected chi connectivity index (χ0v) is 11.5. The average Bonchev–Trinajstić information content (AvgIpc) is 2.88. The number of carboxylic acids is 1. The molecule has 0 amide bonds. The minimum atomic E-state index is -0.952. The van der Waals surface area contributed by atoms with Gasteiger partial charge in [-0.25, -0.2) is 9.18 Å². The van der Waals surface area contributed by atoms with Crippen molar-refractivity contribution >= 4 is 23.0 Å². The van der Waals surface area contributed by atoms with E-state index >= 15 is 0 Å². The first-order valence-corrected chi connectivity index (χ1v) is 6.62. The third kappa shape index (κ3) is 3.64. The lowest BCUT2D eigenvalue weighted by Crippen LogP contribution is -1.96. The number of halogens is 1. The second kappa shape index (κ2) is 6.29. The number of oxime groups is 1. The summed E-state index contributed by atoms with van der Waals surface area (Å²) in [6.45, 7) is 1.96. The minimum absolute atomic E-state index is 0.205. The summed E-state index contributed by atoms with van der Waals surface area (Å²) < 4.78 is 12.8. The van der Waals surface area contributed by atoms with Crippen molar-refractivity contribution in [3.8, 4) is 0 Å². The molecule has 0 aliphatic rings. The zero-order chi connectivity index (χ0) is 14.5. The second-order valence-corrected chi connectivity index (χ2v) is 5.20. The number of carboxylic acid groups (broad SMARTS) is 1. The molecule has 0 bridgehead atoms. The van der Waals surface area contributed by atoms with Crippen LogP contribution in [0, 0.1) is 5.82 Å². The van der Waals surface area contributed by atoms with Crippen molar-refractivity contribution in [2.24, 2.45) is 5.16 Å². The Bertz CT molecular complexity index is 634. The van der Waals surface area contributed by atoms with Gasteiger partial charge in [0.05, 0.1) is 5.71 Å². The molecule has 0 spiro atoms. The van der Waals surface area contributed by atoms with Gasteiger partial charge in [0, 0.05) is 4.88 Å². The SMILES string of the molecule is CC(=NOCc1ccc(C(=O)O)s1)c1ccc(F)cc1. The predicted molar refractivity (Wildman–Crippen MR) is 74.7 cm³/mol. The molecule has 104 valence electrons. The van der Waals surface area contributed by atoms with Crippen molar-refractivity contribution in [2.75, 3.05) is 0 Å². The molecule has 1 N–H and O–H groups in total. The van der Waals surface area contributed by atoms with E-state index < -0.39 is 5.97 Å². The number of carbonyl (C=O) groups is 1. The number of rotatable bonds is 5. The molecular formula is C14H12FNO3S. The molecule has 0 aliphatic heterocycles. The first-order valence-electron chi connectivity index (χ1n) is 5.81. The minimum Gasteiger partial charge on any atom is -0.477 e. The van der Waals surface area contributed by atoms with E-state index in [1.54, 1.807) is 25.1 Å². The molecule has 2 aromatic rings. The molecule has 0 atom stereocenters. The standard InChI is InChI=1S/C14H12FNO3S/c1-9(10-2-4-11(15)5-3-10)16-19-8-12-6-7-13(20-12)14(17)18/h2-7H,8H2,1H3,(H,17,18). The molecule has 0 aliphatic carbocycles. The lowest BCUT2D eigenvalue weighted by molar-refractivity contribution is 0.0702. The van der Waals surface area contributed by atoms with Crippen LogP contribution in [0.3, 0.4) is 0 Å². The van der Waals surface area contributed by atoms with Gasteiger partial charge in [-0.2, -0.15) is 0 Å². The number of nitrogens with zero attached hydrogens (tertiary/aromatic N) is 1. The predicted octanol–water partition coefficient (Wildman–Crippen LogP) is 3.53. The summed E-state index contributed by atoms with van der Waals surface area (Å²) in [6, 6.07) is 9.16. The van der Waals surface area contributed by atoms with Crippen LogP contribution in [0.1, 0.15) is 27.0 Å². The van der Waals surface area contributed by atoms with Gasteiger partial charge in [0.25, 0.3) is 0 Å². The maximum atomic E-state index is 12.8. The highest BCUT2D eigenvalue weighted by Gasteiger charge is 2.07. The molecule has 0 radical (unpaired) electrons. The largest absolute Gasteiger partial charge is 0.477 e. The van der Waals surface area contributed by atoms with Gasteiger partial charge in [0.15, 0.2) is 6.61 Å². The molecule has 1 aromatic heterocycles. The van der Waals surface area contributed by atoms with Crippen LogP contribution in [0.5, 0.6) is 0 Å². The lowest BCUT2D eigenvalue weighted by Gasteiger charge is -2.01. The Balaban J connectivity index is 1.95. The normalized spacial score (nSPS) is 11.4. The maximum absolute atomic E-state index is 12.8. The molecular weight excluding hydrogens is 281 g/mol. The van der Waals surface area contributed by atoms with Crippen LogP contribution < -0.4 is 0 Å². The summed E-state index contributed by atoms with van der Waals surface area (Å²) in [4.78, 5) is 16.9. The Morgan fingerprint density at radius 1 is 1.30 bits per heavy atom. The molecule has 0 fully saturated rings. The number of aromatic carboxylic acids is 1. The van der Waals surface area contributed by atoms with Crippen molar-refractivity contribution in [2.45, 2.75) is 13.5 Å². The van der Waals surface area contributed by atoms with Crippen LogP contribution in [0.25, 0.3) is 0 Å². The second-order valence-electron chi connectivity index (χ2n) is 4.03. The van der Waals surface area contributed by atoms with E-state index in [-0.39, 0.29) is 17.3 Å². The van der Waals surface area contributed by atoms with Crippen molar-refractivity contribution < 1.29 is 19.1 Å². The van der Waals surface area contributed by atoms with E-state index in [0.29, 0.717) is 5.71 Å². The fourth-order valence-corrected chi connectivity index (χ4v) is 2.26. The highest BCUT2D eigenvalue weighted by atomic mass is 32.1. The number of benzene rings is 1. The fraction of sp³-hybridized carbons (Fsp3) is 0.143. The summed E-state index contributed by atoms with van der Waals surface area (Å²) in [5.74, 6) is -1.26. The quantitative estimate of drug-likeness (QED) is 0.677. The van der Waals surface area contributed by atoms with E-state index in [2.05, 4.69) is 5.16 Å². The van der Waals surface area contributed by atoms with Gasteiger partial charge in [-0.05, 0) is 36.8 Å². The Morgan fingerprint density at radius 2 is 2.00 bits per heavy atom. The van der Waals surface area contributed by atoms with Crippen molar-refractivity contribution in [1.29, 1.82) is 0 Å². The average molecular weight is 293 g/mol. The van der Waals surface area contributed by atoms with Gasteiger partial charge in [0.2, 0.25) is 0 Å². The van der Waals surface area contributed by atoms with Crippen LogP contribution in [-0.4, -0.2) is 16.8 Å². The van der Waals surface area contributed by atoms with E-state index in [1.807, 2.05) is 0 Å². The van der Waals surface area contributed by atoms with Crippen LogP contribution in [0.15, 0.2) is 41.6 Å². The smallest absolute Gasteiger partial charge is 0.345 e. The van der Waals surface area contributed by atoms with Gasteiger partial charge in [0.1, 0.15) is 10.7 Å². The number of hydrogen-bond donors (Lipinski definition) is 1. The molecule has 1 heterocycles. The van der Waals surface area contributed by atoms with Crippen LogP contribution >= 0.6 is 11.3 Å². The summed E-state index contributed by atoms with van der Waals surface area (Å²) >= 11 is 1.15. The van der Waals surface area contributed by atoms with Gasteiger partial charge in [-0.3, -0.25) is 0 Å². The highest BCUT2D eigenvalue weighted by molar-refractivity contribution is 7.13. The Hall–Kier alpha value is -2.21. The molecule has 0 unspecified atom stereocenters. The first-order chi connectivity index (χ1) is 9.56. The molecule has 6 heteroatoms. The molecule has 0 saturated carbocycles. The van der Waals surface area contributed by atoms with E-state index in [0.717, 1.165) is 21.8 Å². The fourth-order valence-electron chi connectivity index (χ4n) is 1.51. The van der Waals surface area contributed by atoms with Gasteiger partial charge in [-0.15, -0.1) is 11.3 Å². The summed E-state index contributed by atoms with van der Waals surface area (Å²) in [6.07, 6.45) is 0. The molecule has 1 aromatic carbocycles. The van der Waals surface area contributed by atoms with E-state index in [4.69, 9.17) is 9.94 Å². The van der Waals surface area contributed by atoms with Crippen LogP contribution in [-0.2, 0) is 11.4 Å². The molecule has 4 nitrogen and oxygen atoms in total. The van der Waals surface area contributed by atoms with Gasteiger partial charge >= 0.3 is 5.97 Å². The van der Waals surface area contributed by atoms with Crippen molar-refractivity contribution in [3.05, 3.63) is 57.5 Å². The van der Waals surface area contributed by atoms with Crippen LogP contribution in [0.2, 0.25) is 0 Å². The highest BCUT2D eigenvalue weighted by Crippen LogP contribution is 2.17. The number of thiophene rings is 1. The summed E-state index contributed by atoms with van der Waals surface area (Å²) in [5.41, 5.74) is 1.39. The van der Waals surface area contributed by atoms with Gasteiger partial charge < -0.3 is 9.94 Å². The zero-order valence-electron chi connectivity index (χ0n) is 10.7. The third-order valence-corrected chi connectivity index (χ3v) is 3.59. The molecule has 2 rings (SSSR count). The third-order valence-electron chi connectivity index (χ3n) is 2.54. The van der Waals surface area contributed by atoms with Crippen molar-refractivity contribution in [1.82, 2.24) is 0 Å². The summed E-state index contributed by atoms with van der Waals surface area (Å²) in [5, 5.41) is 12.7. The Kier molecular flexibility index (Phi) is 4.47. The Morgan fingerprint density at radius 3 is 2.60 bits per heavy atom. The van der Waals surface area contributed by atoms with E-state index in [1.165, 1.54) is 18.2 Å². The molecule has 20 heavy (non-hydrogen) atoms. The van der Waals surface area contributed by atoms with Gasteiger partial charge in [-0.1, -0.05) is 17.3 Å². The number of hydrogen-bond acceptors (Lipinski definition) is 4. The topological polar surface area (TPSA) is 58.9 Å². The monoisotopic (exact) mass is 293 g/mol. The first kappa shape index (κ1) is 14.2. The van der Waals surface area contributed by atoms with Crippen molar-refractivity contribution in [3.63, 3.8) is 0 Å². The van der Waals surface area contributed by atoms with E-state index in [9.17, 15) is 9.18 Å². The van der Waals surface area contributed by atoms with Crippen LogP contribution in [0.4, 0.5) is 4.39 Å². The molecule has 0 saturated heterocycles. The Labute approximate surface area is 119 Å².